The van der Waals surface area contributed by atoms with Crippen LogP contribution in [-0.4, -0.2) is 52.3 Å². The predicted molar refractivity (Wildman–Crippen MR) is 148 cm³/mol. The molecule has 0 spiro atoms. The van der Waals surface area contributed by atoms with Gasteiger partial charge in [0.05, 0.1) is 5.75 Å². The van der Waals surface area contributed by atoms with Crippen LogP contribution in [0.5, 0.6) is 0 Å². The minimum absolute atomic E-state index is 0.0184. The number of rotatable bonds is 9. The van der Waals surface area contributed by atoms with Gasteiger partial charge in [-0.3, -0.25) is 9.59 Å². The van der Waals surface area contributed by atoms with Crippen LogP contribution in [0.1, 0.15) is 43.8 Å². The first-order valence-corrected chi connectivity index (χ1v) is 13.9. The molecule has 1 atom stereocenters. The molecule has 1 unspecified atom stereocenters. The van der Waals surface area contributed by atoms with E-state index in [4.69, 9.17) is 4.55 Å². The third-order valence-electron chi connectivity index (χ3n) is 6.68. The molecule has 0 radical (unpaired) electrons. The summed E-state index contributed by atoms with van der Waals surface area (Å²) in [7, 11) is 1.25. The van der Waals surface area contributed by atoms with Crippen molar-refractivity contribution in [3.63, 3.8) is 0 Å². The Labute approximate surface area is 245 Å². The molecular weight excluding hydrogens is 605 g/mol. The first kappa shape index (κ1) is 33.7. The number of hydrogen-bond donors (Lipinski definition) is 1. The summed E-state index contributed by atoms with van der Waals surface area (Å²) in [6, 6.07) is 14.7. The maximum absolute atomic E-state index is 14.7. The average molecular weight is 633 g/mol. The van der Waals surface area contributed by atoms with E-state index in [1.807, 2.05) is 0 Å². The van der Waals surface area contributed by atoms with Crippen molar-refractivity contribution < 1.29 is 49.1 Å². The van der Waals surface area contributed by atoms with Gasteiger partial charge in [0.1, 0.15) is 0 Å². The van der Waals surface area contributed by atoms with Gasteiger partial charge in [0.25, 0.3) is 11.8 Å². The molecule has 0 aliphatic carbocycles. The van der Waals surface area contributed by atoms with Crippen LogP contribution in [0.3, 0.4) is 0 Å². The molecule has 1 N–H and O–H groups in total. The maximum atomic E-state index is 14.7. The molecule has 0 saturated carbocycles. The molecule has 0 aliphatic rings. The highest BCUT2D eigenvalue weighted by Gasteiger charge is 2.73. The van der Waals surface area contributed by atoms with Crippen molar-refractivity contribution in [2.45, 2.75) is 38.3 Å². The number of carbonyl (C=O) groups is 2. The number of alkyl halides is 7. The van der Waals surface area contributed by atoms with E-state index in [2.05, 4.69) is 0 Å². The number of aryl methyl sites for hydroxylation is 2. The van der Waals surface area contributed by atoms with Crippen LogP contribution in [0.4, 0.5) is 42.1 Å². The van der Waals surface area contributed by atoms with E-state index in [9.17, 15) is 44.5 Å². The van der Waals surface area contributed by atoms with E-state index in [1.54, 1.807) is 30.3 Å². The third kappa shape index (κ3) is 7.07. The van der Waals surface area contributed by atoms with Crippen LogP contribution < -0.4 is 9.80 Å². The normalized spacial score (nSPS) is 13.0. The van der Waals surface area contributed by atoms with E-state index in [-0.39, 0.29) is 46.8 Å². The number of benzene rings is 3. The highest BCUT2D eigenvalue weighted by Crippen LogP contribution is 2.54. The Bertz CT molecular complexity index is 1470. The Kier molecular flexibility index (Phi) is 10.1. The summed E-state index contributed by atoms with van der Waals surface area (Å²) in [5.74, 6) is -1.28. The summed E-state index contributed by atoms with van der Waals surface area (Å²) in [6.45, 7) is 2.34. The van der Waals surface area contributed by atoms with Gasteiger partial charge in [-0.1, -0.05) is 36.4 Å². The number of nitrogens with zero attached hydrogens (tertiary/aromatic N) is 2. The van der Waals surface area contributed by atoms with Crippen molar-refractivity contribution in [3.05, 3.63) is 94.5 Å². The Morgan fingerprint density at radius 3 is 1.84 bits per heavy atom. The SMILES string of the molecule is Cc1cc(C(F)(C(F)(F)F)C(F)(F)F)cc(C)c1N(C)C(=O)c1cccc(N(CCCS(=O)O)C(=O)c2ccccc2)c1. The number of amides is 2. The van der Waals surface area contributed by atoms with Crippen molar-refractivity contribution in [1.29, 1.82) is 0 Å². The Morgan fingerprint density at radius 2 is 1.33 bits per heavy atom. The van der Waals surface area contributed by atoms with Gasteiger partial charge in [0, 0.05) is 41.7 Å². The first-order chi connectivity index (χ1) is 19.9. The van der Waals surface area contributed by atoms with E-state index in [1.165, 1.54) is 36.2 Å². The summed E-state index contributed by atoms with van der Waals surface area (Å²) in [5, 5.41) is 0. The first-order valence-electron chi connectivity index (χ1n) is 12.7. The number of carbonyl (C=O) groups excluding carboxylic acids is 2. The molecule has 14 heteroatoms. The van der Waals surface area contributed by atoms with E-state index >= 15 is 0 Å². The van der Waals surface area contributed by atoms with Crippen LogP contribution >= 0.6 is 0 Å². The monoisotopic (exact) mass is 632 g/mol. The molecule has 0 fully saturated rings. The van der Waals surface area contributed by atoms with Crippen LogP contribution in [0.15, 0.2) is 66.7 Å². The predicted octanol–water partition coefficient (Wildman–Crippen LogP) is 7.13. The molecule has 0 bridgehead atoms. The molecule has 2 amide bonds. The van der Waals surface area contributed by atoms with Crippen LogP contribution in [0.2, 0.25) is 0 Å². The fourth-order valence-electron chi connectivity index (χ4n) is 4.70. The quantitative estimate of drug-likeness (QED) is 0.201. The zero-order valence-electron chi connectivity index (χ0n) is 23.1. The molecule has 232 valence electrons. The fourth-order valence-corrected chi connectivity index (χ4v) is 5.08. The van der Waals surface area contributed by atoms with Gasteiger partial charge in [0.2, 0.25) is 0 Å². The number of halogens is 7. The summed E-state index contributed by atoms with van der Waals surface area (Å²) in [4.78, 5) is 29.1. The summed E-state index contributed by atoms with van der Waals surface area (Å²) < 4.78 is 115. The van der Waals surface area contributed by atoms with Crippen molar-refractivity contribution in [3.8, 4) is 0 Å². The lowest BCUT2D eigenvalue weighted by Gasteiger charge is -2.32. The lowest BCUT2D eigenvalue weighted by atomic mass is 9.90. The molecule has 0 aromatic heterocycles. The Balaban J connectivity index is 2.00. The van der Waals surface area contributed by atoms with Gasteiger partial charge in [-0.2, -0.15) is 26.3 Å². The smallest absolute Gasteiger partial charge is 0.311 e. The van der Waals surface area contributed by atoms with E-state index < -0.39 is 46.5 Å². The van der Waals surface area contributed by atoms with Crippen LogP contribution in [-0.2, 0) is 16.7 Å². The molecule has 0 saturated heterocycles. The van der Waals surface area contributed by atoms with Gasteiger partial charge in [-0.05, 0) is 61.7 Å². The minimum atomic E-state index is -6.29. The summed E-state index contributed by atoms with van der Waals surface area (Å²) >= 11 is -2.10. The van der Waals surface area contributed by atoms with Crippen molar-refractivity contribution in [1.82, 2.24) is 0 Å². The fraction of sp³-hybridized carbons (Fsp3) is 0.310. The molecule has 3 aromatic carbocycles. The summed E-state index contributed by atoms with van der Waals surface area (Å²) in [5.41, 5.74) is -7.15. The van der Waals surface area contributed by atoms with Crippen molar-refractivity contribution in [2.75, 3.05) is 29.1 Å². The van der Waals surface area contributed by atoms with Crippen molar-refractivity contribution >= 4 is 34.3 Å². The maximum Gasteiger partial charge on any atom is 0.435 e. The van der Waals surface area contributed by atoms with E-state index in [0.29, 0.717) is 17.7 Å². The Hall–Kier alpha value is -3.78. The summed E-state index contributed by atoms with van der Waals surface area (Å²) in [6.07, 6.45) is -12.4. The second-order valence-electron chi connectivity index (χ2n) is 9.73. The lowest BCUT2D eigenvalue weighted by Crippen LogP contribution is -2.50. The minimum Gasteiger partial charge on any atom is -0.311 e. The molecular formula is C29H27F7N2O4S. The molecule has 3 rings (SSSR count). The molecule has 43 heavy (non-hydrogen) atoms. The second-order valence-corrected chi connectivity index (χ2v) is 10.8. The Morgan fingerprint density at radius 1 is 0.791 bits per heavy atom. The van der Waals surface area contributed by atoms with Crippen LogP contribution in [0, 0.1) is 13.8 Å². The second kappa shape index (κ2) is 12.8. The zero-order chi connectivity index (χ0) is 32.3. The highest BCUT2D eigenvalue weighted by molar-refractivity contribution is 7.79. The number of anilines is 2. The van der Waals surface area contributed by atoms with Gasteiger partial charge >= 0.3 is 18.0 Å². The molecule has 6 nitrogen and oxygen atoms in total. The molecule has 0 heterocycles. The van der Waals surface area contributed by atoms with Gasteiger partial charge < -0.3 is 14.4 Å². The molecule has 0 aliphatic heterocycles. The number of hydrogen-bond acceptors (Lipinski definition) is 3. The van der Waals surface area contributed by atoms with Crippen LogP contribution in [0.25, 0.3) is 0 Å². The molecule has 3 aromatic rings. The van der Waals surface area contributed by atoms with Crippen molar-refractivity contribution in [2.24, 2.45) is 0 Å². The lowest BCUT2D eigenvalue weighted by molar-refractivity contribution is -0.348. The largest absolute Gasteiger partial charge is 0.435 e. The average Bonchev–Trinajstić information content (AvgIpc) is 2.92. The standard InChI is InChI=1S/C29H27F7N2O4S/c1-18-15-22(27(30,28(31,32)33)29(34,35)36)16-19(2)24(18)37(3)25(39)21-11-7-12-23(17-21)38(13-8-14-43(41)42)26(40)20-9-5-4-6-10-20/h4-7,9-12,15-17H,8,13-14H2,1-3H3,(H,41,42). The third-order valence-corrected chi connectivity index (χ3v) is 7.32. The van der Waals surface area contributed by atoms with Gasteiger partial charge in [-0.25, -0.2) is 8.60 Å². The van der Waals surface area contributed by atoms with Gasteiger partial charge in [-0.15, -0.1) is 0 Å². The topological polar surface area (TPSA) is 77.9 Å². The zero-order valence-corrected chi connectivity index (χ0v) is 23.9. The van der Waals surface area contributed by atoms with E-state index in [0.717, 1.165) is 18.7 Å². The van der Waals surface area contributed by atoms with Gasteiger partial charge in [0.15, 0.2) is 11.1 Å². The highest BCUT2D eigenvalue weighted by atomic mass is 32.2.